The summed E-state index contributed by atoms with van der Waals surface area (Å²) in [6, 6.07) is 7.49. The van der Waals surface area contributed by atoms with E-state index in [0.29, 0.717) is 0 Å². The molecule has 0 saturated heterocycles. The second-order valence-corrected chi connectivity index (χ2v) is 17.7. The monoisotopic (exact) mass is 916 g/mol. The van der Waals surface area contributed by atoms with Gasteiger partial charge >= 0.3 is 11.9 Å². The molecule has 0 atom stereocenters. The van der Waals surface area contributed by atoms with Crippen LogP contribution < -0.4 is 25.9 Å². The lowest BCUT2D eigenvalue weighted by molar-refractivity contribution is -0.135. The van der Waals surface area contributed by atoms with E-state index in [1.807, 2.05) is 0 Å². The number of ether oxygens (including phenoxy) is 1. The van der Waals surface area contributed by atoms with Gasteiger partial charge in [0, 0.05) is 47.7 Å². The average molecular weight is 917 g/mol. The number of fused-ring (bicyclic) bond motifs is 2. The van der Waals surface area contributed by atoms with Crippen LogP contribution in [0.1, 0.15) is 52.8 Å². The predicted octanol–water partition coefficient (Wildman–Crippen LogP) is 4.22. The zero-order valence-electron chi connectivity index (χ0n) is 30.9. The lowest BCUT2D eigenvalue weighted by atomic mass is 9.89. The number of nitrogens with two attached hydrogens (primary N) is 1. The molecule has 1 amide bonds. The van der Waals surface area contributed by atoms with E-state index in [1.54, 1.807) is 0 Å². The van der Waals surface area contributed by atoms with Gasteiger partial charge in [-0.2, -0.15) is 25.6 Å². The lowest BCUT2D eigenvalue weighted by Crippen LogP contribution is -2.27. The third-order valence-electron chi connectivity index (χ3n) is 8.81. The summed E-state index contributed by atoms with van der Waals surface area (Å²) in [5.41, 5.74) is 3.30. The maximum atomic E-state index is 13.8. The number of carboxylic acid groups (broad SMARTS) is 1. The second kappa shape index (κ2) is 17.9. The summed E-state index contributed by atoms with van der Waals surface area (Å²) in [5.74, 6) is -14.1. The van der Waals surface area contributed by atoms with Crippen molar-refractivity contribution >= 4 is 64.8 Å². The Morgan fingerprint density at radius 1 is 0.803 bits per heavy atom. The number of carbonyl (C=O) groups excluding carboxylic acids is 2. The Morgan fingerprint density at radius 3 is 2.10 bits per heavy atom. The van der Waals surface area contributed by atoms with E-state index in [1.165, 1.54) is 6.07 Å². The van der Waals surface area contributed by atoms with Crippen LogP contribution in [-0.4, -0.2) is 76.2 Å². The van der Waals surface area contributed by atoms with Crippen molar-refractivity contribution in [2.24, 2.45) is 0 Å². The first-order valence-electron chi connectivity index (χ1n) is 17.4. The number of hydrogen-bond acceptors (Lipinski definition) is 13. The number of rotatable bonds is 17. The molecule has 2 aliphatic rings. The molecule has 5 rings (SSSR count). The minimum atomic E-state index is -5.33. The molecule has 1 aliphatic heterocycles. The fourth-order valence-corrected chi connectivity index (χ4v) is 8.67. The van der Waals surface area contributed by atoms with Crippen LogP contribution in [0.15, 0.2) is 62.7 Å². The van der Waals surface area contributed by atoms with Crippen molar-refractivity contribution in [2.45, 2.75) is 41.9 Å². The number of anilines is 1. The van der Waals surface area contributed by atoms with Crippen LogP contribution >= 0.6 is 0 Å². The number of unbranched alkanes of at least 4 members (excludes halogenated alkanes) is 2. The standard InChI is InChI=1S/C36H32F4N4O14S3/c37-22-16-23(38)29(40)32(28(22)39)57-26(45)5-2-1-3-12-43-35(46)17-6-7-18(36(47)48)21(15-17)27-19-8-10-24(41)33(60(52,53)44-13-4-14-59(49,50)51)30(19)58-31-20(27)9-11-25(42)34(31)61(54,55)56/h6-11,15-16,42,44H,1-5,12-14,41H2,(H,43,46)(H,47,48)(H,49,50,51)(H,54,55,56). The molecule has 0 bridgehead atoms. The van der Waals surface area contributed by atoms with E-state index in [9.17, 15) is 66.9 Å². The molecule has 3 aromatic carbocycles. The molecule has 25 heteroatoms. The predicted molar refractivity (Wildman–Crippen MR) is 204 cm³/mol. The van der Waals surface area contributed by atoms with Crippen molar-refractivity contribution in [2.75, 3.05) is 24.6 Å². The van der Waals surface area contributed by atoms with Crippen LogP contribution in [0.4, 0.5) is 23.2 Å². The van der Waals surface area contributed by atoms with Crippen LogP contribution in [0.2, 0.25) is 0 Å². The van der Waals surface area contributed by atoms with E-state index in [4.69, 9.17) is 20.1 Å². The van der Waals surface area contributed by atoms with E-state index in [0.717, 1.165) is 36.4 Å². The summed E-state index contributed by atoms with van der Waals surface area (Å²) < 4.78 is 161. The van der Waals surface area contributed by atoms with E-state index >= 15 is 0 Å². The second-order valence-electron chi connectivity index (χ2n) is 13.1. The molecule has 3 aromatic rings. The highest BCUT2D eigenvalue weighted by atomic mass is 32.2. The first-order chi connectivity index (χ1) is 28.4. The number of sulfonamides is 1. The Kier molecular flexibility index (Phi) is 13.5. The summed E-state index contributed by atoms with van der Waals surface area (Å²) >= 11 is 0. The van der Waals surface area contributed by atoms with Gasteiger partial charge in [0.15, 0.2) is 27.9 Å². The minimum Gasteiger partial charge on any atom is -0.478 e. The Morgan fingerprint density at radius 2 is 1.48 bits per heavy atom. The number of amides is 1. The largest absolute Gasteiger partial charge is 0.478 e. The van der Waals surface area contributed by atoms with Gasteiger partial charge < -0.3 is 25.3 Å². The molecule has 326 valence electrons. The number of carboxylic acids is 1. The molecule has 1 aliphatic carbocycles. The molecule has 0 spiro atoms. The van der Waals surface area contributed by atoms with Crippen molar-refractivity contribution < 1.29 is 80.6 Å². The van der Waals surface area contributed by atoms with Gasteiger partial charge in [0.05, 0.1) is 22.4 Å². The highest BCUT2D eigenvalue weighted by Crippen LogP contribution is 2.46. The fraction of sp³-hybridized carbons (Fsp3) is 0.222. The molecular weight excluding hydrogens is 885 g/mol. The topological polar surface area (TPSA) is 311 Å². The van der Waals surface area contributed by atoms with Crippen molar-refractivity contribution in [3.8, 4) is 28.2 Å². The van der Waals surface area contributed by atoms with Crippen LogP contribution in [0.25, 0.3) is 33.4 Å². The molecule has 0 fully saturated rings. The summed E-state index contributed by atoms with van der Waals surface area (Å²) in [6.07, 6.45) is -0.399. The van der Waals surface area contributed by atoms with Gasteiger partial charge in [0.25, 0.3) is 26.1 Å². The van der Waals surface area contributed by atoms with Crippen LogP contribution in [-0.2, 0) is 35.1 Å². The SMILES string of the molecule is N=c1ccc2c(-c3cc(C(=O)NCCCCCC(=O)Oc4c(F)c(F)cc(F)c4F)ccc3C(=O)O)c3ccc(N)c(S(=O)(=O)NCCCS(=O)(=O)O)c3oc-2c1S(=O)(=O)O. The number of nitrogen functional groups attached to an aromatic ring is 1. The first-order valence-corrected chi connectivity index (χ1v) is 21.9. The van der Waals surface area contributed by atoms with Crippen LogP contribution in [0.3, 0.4) is 0 Å². The van der Waals surface area contributed by atoms with Gasteiger partial charge in [-0.3, -0.25) is 24.1 Å². The molecule has 18 nitrogen and oxygen atoms in total. The van der Waals surface area contributed by atoms with Crippen molar-refractivity contribution in [3.05, 3.63) is 88.3 Å². The lowest BCUT2D eigenvalue weighted by Gasteiger charge is -2.21. The Hall–Kier alpha value is -5.99. The fourth-order valence-electron chi connectivity index (χ4n) is 6.10. The van der Waals surface area contributed by atoms with E-state index < -0.39 is 140 Å². The normalized spacial score (nSPS) is 12.2. The Bertz CT molecular complexity index is 2960. The number of halogens is 4. The summed E-state index contributed by atoms with van der Waals surface area (Å²) in [4.78, 5) is 36.1. The van der Waals surface area contributed by atoms with Gasteiger partial charge in [-0.1, -0.05) is 6.42 Å². The maximum Gasteiger partial charge on any atom is 0.336 e. The van der Waals surface area contributed by atoms with Gasteiger partial charge in [-0.25, -0.2) is 26.7 Å². The smallest absolute Gasteiger partial charge is 0.336 e. The number of nitrogens with one attached hydrogen (secondary N) is 3. The molecule has 0 aromatic heterocycles. The molecule has 8 N–H and O–H groups in total. The number of aromatic carboxylic acids is 1. The minimum absolute atomic E-state index is 0.0420. The molecule has 0 radical (unpaired) electrons. The number of hydrogen-bond donors (Lipinski definition) is 7. The Balaban J connectivity index is 1.49. The first kappa shape index (κ1) is 46.1. The van der Waals surface area contributed by atoms with Crippen LogP contribution in [0.5, 0.6) is 5.75 Å². The summed E-state index contributed by atoms with van der Waals surface area (Å²) in [5, 5.41) is 20.0. The zero-order chi connectivity index (χ0) is 45.2. The van der Waals surface area contributed by atoms with Crippen molar-refractivity contribution in [3.63, 3.8) is 0 Å². The van der Waals surface area contributed by atoms with Gasteiger partial charge in [0.1, 0.15) is 4.90 Å². The number of carbonyl (C=O) groups is 3. The third-order valence-corrected chi connectivity index (χ3v) is 12.1. The van der Waals surface area contributed by atoms with Gasteiger partial charge in [0.2, 0.25) is 27.4 Å². The number of benzene rings is 4. The third kappa shape index (κ3) is 10.3. The van der Waals surface area contributed by atoms with Crippen LogP contribution in [0, 0.1) is 28.7 Å². The van der Waals surface area contributed by atoms with Gasteiger partial charge in [-0.15, -0.1) is 0 Å². The van der Waals surface area contributed by atoms with E-state index in [2.05, 4.69) is 14.8 Å². The van der Waals surface area contributed by atoms with Crippen molar-refractivity contribution in [1.82, 2.24) is 10.0 Å². The highest BCUT2D eigenvalue weighted by Gasteiger charge is 2.33. The zero-order valence-corrected chi connectivity index (χ0v) is 33.4. The Labute approximate surface area is 342 Å². The molecule has 61 heavy (non-hydrogen) atoms. The summed E-state index contributed by atoms with van der Waals surface area (Å²) in [7, 11) is -14.6. The number of esters is 1. The molecule has 0 unspecified atom stereocenters. The quantitative estimate of drug-likeness (QED) is 0.0100. The molecule has 0 saturated carbocycles. The molecule has 1 heterocycles. The van der Waals surface area contributed by atoms with Crippen molar-refractivity contribution in [1.29, 1.82) is 5.41 Å². The average Bonchev–Trinajstić information content (AvgIpc) is 3.16. The molecular formula is C36H32F4N4O14S3. The van der Waals surface area contributed by atoms with Gasteiger partial charge in [-0.05, 0) is 67.3 Å². The highest BCUT2D eigenvalue weighted by molar-refractivity contribution is 7.90. The summed E-state index contributed by atoms with van der Waals surface area (Å²) in [6.45, 7) is -0.625. The maximum absolute atomic E-state index is 13.8. The van der Waals surface area contributed by atoms with E-state index in [-0.39, 0.29) is 59.5 Å².